The molecule has 20 heavy (non-hydrogen) atoms. The van der Waals surface area contributed by atoms with Crippen LogP contribution in [-0.4, -0.2) is 23.0 Å². The average molecular weight is 312 g/mol. The Morgan fingerprint density at radius 2 is 2.00 bits per heavy atom. The summed E-state index contributed by atoms with van der Waals surface area (Å²) in [6.07, 6.45) is 0. The van der Waals surface area contributed by atoms with Gasteiger partial charge < -0.3 is 4.74 Å². The van der Waals surface area contributed by atoms with Gasteiger partial charge in [0, 0.05) is 17.5 Å². The van der Waals surface area contributed by atoms with E-state index in [2.05, 4.69) is 15.3 Å². The van der Waals surface area contributed by atoms with E-state index in [1.54, 1.807) is 24.3 Å². The molecular formula is C13H11Cl2N3O2. The Morgan fingerprint density at radius 3 is 2.60 bits per heavy atom. The predicted octanol–water partition coefficient (Wildman–Crippen LogP) is 3.13. The van der Waals surface area contributed by atoms with Gasteiger partial charge in [0.1, 0.15) is 5.15 Å². The number of nitrogens with one attached hydrogen (secondary N) is 1. The number of carbonyl (C=O) groups excluding carboxylic acids is 1. The first-order valence-electron chi connectivity index (χ1n) is 5.67. The summed E-state index contributed by atoms with van der Waals surface area (Å²) in [5.74, 6) is 0.422. The van der Waals surface area contributed by atoms with Crippen molar-refractivity contribution in [2.45, 2.75) is 5.88 Å². The molecule has 1 amide bonds. The van der Waals surface area contributed by atoms with Crippen LogP contribution in [0.15, 0.2) is 30.3 Å². The van der Waals surface area contributed by atoms with Crippen LogP contribution in [0.2, 0.25) is 5.15 Å². The van der Waals surface area contributed by atoms with Crippen molar-refractivity contribution >= 4 is 35.1 Å². The summed E-state index contributed by atoms with van der Waals surface area (Å²) < 4.78 is 4.95. The number of anilines is 1. The zero-order valence-corrected chi connectivity index (χ0v) is 12.1. The molecule has 0 aliphatic heterocycles. The fraction of sp³-hybridized carbons (Fsp3) is 0.154. The first kappa shape index (κ1) is 14.6. The Hall–Kier alpha value is -1.85. The van der Waals surface area contributed by atoms with Gasteiger partial charge in [-0.3, -0.25) is 10.1 Å². The standard InChI is InChI=1S/C13H11Cl2N3O2/c1-20-11-6-10(15)16-13(17-11)18-12(19)9-4-2-8(7-14)3-5-9/h2-6H,7H2,1H3,(H,16,17,18,19). The van der Waals surface area contributed by atoms with Gasteiger partial charge in [-0.05, 0) is 17.7 Å². The average Bonchev–Trinajstić information content (AvgIpc) is 2.46. The third-order valence-electron chi connectivity index (χ3n) is 2.48. The predicted molar refractivity (Wildman–Crippen MR) is 77.5 cm³/mol. The third kappa shape index (κ3) is 3.59. The highest BCUT2D eigenvalue weighted by molar-refractivity contribution is 6.29. The molecule has 0 atom stereocenters. The topological polar surface area (TPSA) is 64.1 Å². The smallest absolute Gasteiger partial charge is 0.258 e. The van der Waals surface area contributed by atoms with E-state index in [1.165, 1.54) is 13.2 Å². The molecule has 1 aromatic carbocycles. The molecule has 0 radical (unpaired) electrons. The Balaban J connectivity index is 2.16. The molecule has 0 saturated heterocycles. The maximum atomic E-state index is 12.0. The first-order chi connectivity index (χ1) is 9.62. The minimum atomic E-state index is -0.338. The Bertz CT molecular complexity index is 618. The lowest BCUT2D eigenvalue weighted by Gasteiger charge is -2.06. The van der Waals surface area contributed by atoms with Crippen molar-refractivity contribution in [3.63, 3.8) is 0 Å². The fourth-order valence-electron chi connectivity index (χ4n) is 1.48. The number of nitrogens with zero attached hydrogens (tertiary/aromatic N) is 2. The summed E-state index contributed by atoms with van der Waals surface area (Å²) >= 11 is 11.5. The number of hydrogen-bond donors (Lipinski definition) is 1. The van der Waals surface area contributed by atoms with Crippen LogP contribution in [0, 0.1) is 0 Å². The van der Waals surface area contributed by atoms with Gasteiger partial charge in [-0.15, -0.1) is 11.6 Å². The summed E-state index contributed by atoms with van der Waals surface area (Å²) in [5, 5.41) is 2.74. The van der Waals surface area contributed by atoms with Gasteiger partial charge in [-0.2, -0.15) is 4.98 Å². The number of carbonyl (C=O) groups is 1. The molecule has 0 aliphatic rings. The molecule has 0 saturated carbocycles. The second kappa shape index (κ2) is 6.54. The van der Waals surface area contributed by atoms with Crippen molar-refractivity contribution in [3.8, 4) is 5.88 Å². The van der Waals surface area contributed by atoms with Crippen molar-refractivity contribution in [2.75, 3.05) is 12.4 Å². The van der Waals surface area contributed by atoms with Crippen LogP contribution in [0.4, 0.5) is 5.95 Å². The SMILES string of the molecule is COc1cc(Cl)nc(NC(=O)c2ccc(CCl)cc2)n1. The number of ether oxygens (including phenoxy) is 1. The number of hydrogen-bond acceptors (Lipinski definition) is 4. The monoisotopic (exact) mass is 311 g/mol. The van der Waals surface area contributed by atoms with Crippen LogP contribution >= 0.6 is 23.2 Å². The largest absolute Gasteiger partial charge is 0.481 e. The van der Waals surface area contributed by atoms with E-state index in [0.717, 1.165) is 5.56 Å². The van der Waals surface area contributed by atoms with E-state index in [9.17, 15) is 4.79 Å². The molecule has 0 spiro atoms. The van der Waals surface area contributed by atoms with E-state index in [-0.39, 0.29) is 22.9 Å². The molecule has 7 heteroatoms. The lowest BCUT2D eigenvalue weighted by molar-refractivity contribution is 0.102. The minimum absolute atomic E-state index is 0.0840. The molecule has 0 fully saturated rings. The van der Waals surface area contributed by atoms with E-state index >= 15 is 0 Å². The Labute approximate surface area is 125 Å². The number of halogens is 2. The van der Waals surface area contributed by atoms with Gasteiger partial charge in [0.05, 0.1) is 7.11 Å². The number of benzene rings is 1. The quantitative estimate of drug-likeness (QED) is 0.696. The lowest BCUT2D eigenvalue weighted by atomic mass is 10.1. The second-order valence-electron chi connectivity index (χ2n) is 3.84. The van der Waals surface area contributed by atoms with Crippen molar-refractivity contribution in [1.82, 2.24) is 9.97 Å². The molecule has 0 bridgehead atoms. The first-order valence-corrected chi connectivity index (χ1v) is 6.58. The van der Waals surface area contributed by atoms with Crippen LogP contribution in [-0.2, 0) is 5.88 Å². The molecule has 1 heterocycles. The molecule has 0 unspecified atom stereocenters. The van der Waals surface area contributed by atoms with E-state index < -0.39 is 0 Å². The molecule has 2 rings (SSSR count). The molecule has 5 nitrogen and oxygen atoms in total. The fourth-order valence-corrected chi connectivity index (χ4v) is 1.83. The number of rotatable bonds is 4. The molecular weight excluding hydrogens is 301 g/mol. The maximum absolute atomic E-state index is 12.0. The van der Waals surface area contributed by atoms with E-state index in [4.69, 9.17) is 27.9 Å². The van der Waals surface area contributed by atoms with E-state index in [0.29, 0.717) is 11.4 Å². The van der Waals surface area contributed by atoms with Gasteiger partial charge in [0.25, 0.3) is 5.91 Å². The van der Waals surface area contributed by atoms with Crippen molar-refractivity contribution in [2.24, 2.45) is 0 Å². The molecule has 0 aliphatic carbocycles. The van der Waals surface area contributed by atoms with Crippen molar-refractivity contribution < 1.29 is 9.53 Å². The van der Waals surface area contributed by atoms with Gasteiger partial charge in [-0.25, -0.2) is 4.98 Å². The summed E-state index contributed by atoms with van der Waals surface area (Å²) in [7, 11) is 1.45. The number of aromatic nitrogens is 2. The molecule has 2 aromatic rings. The van der Waals surface area contributed by atoms with E-state index in [1.807, 2.05) is 0 Å². The summed E-state index contributed by atoms with van der Waals surface area (Å²) in [6, 6.07) is 8.36. The van der Waals surface area contributed by atoms with Gasteiger partial charge in [0.2, 0.25) is 11.8 Å². The second-order valence-corrected chi connectivity index (χ2v) is 4.50. The highest BCUT2D eigenvalue weighted by atomic mass is 35.5. The number of methoxy groups -OCH3 is 1. The zero-order chi connectivity index (χ0) is 14.5. The van der Waals surface area contributed by atoms with Crippen molar-refractivity contribution in [3.05, 3.63) is 46.6 Å². The zero-order valence-electron chi connectivity index (χ0n) is 10.6. The van der Waals surface area contributed by atoms with Crippen LogP contribution in [0.1, 0.15) is 15.9 Å². The normalized spacial score (nSPS) is 10.2. The highest BCUT2D eigenvalue weighted by Gasteiger charge is 2.10. The summed E-state index contributed by atoms with van der Waals surface area (Å²) in [5.41, 5.74) is 1.41. The lowest BCUT2D eigenvalue weighted by Crippen LogP contribution is -2.14. The highest BCUT2D eigenvalue weighted by Crippen LogP contribution is 2.16. The molecule has 104 valence electrons. The summed E-state index contributed by atoms with van der Waals surface area (Å²) in [6.45, 7) is 0. The number of alkyl halides is 1. The summed E-state index contributed by atoms with van der Waals surface area (Å²) in [4.78, 5) is 19.9. The van der Waals surface area contributed by atoms with Crippen LogP contribution in [0.5, 0.6) is 5.88 Å². The Morgan fingerprint density at radius 1 is 1.30 bits per heavy atom. The molecule has 1 N–H and O–H groups in total. The van der Waals surface area contributed by atoms with Crippen molar-refractivity contribution in [1.29, 1.82) is 0 Å². The van der Waals surface area contributed by atoms with Crippen LogP contribution < -0.4 is 10.1 Å². The minimum Gasteiger partial charge on any atom is -0.481 e. The van der Waals surface area contributed by atoms with Gasteiger partial charge in [-0.1, -0.05) is 23.7 Å². The van der Waals surface area contributed by atoms with Crippen LogP contribution in [0.25, 0.3) is 0 Å². The van der Waals surface area contributed by atoms with Gasteiger partial charge in [0.15, 0.2) is 0 Å². The number of amides is 1. The third-order valence-corrected chi connectivity index (χ3v) is 2.98. The van der Waals surface area contributed by atoms with Gasteiger partial charge >= 0.3 is 0 Å². The molecule has 1 aromatic heterocycles. The van der Waals surface area contributed by atoms with Crippen LogP contribution in [0.3, 0.4) is 0 Å². The maximum Gasteiger partial charge on any atom is 0.258 e. The Kier molecular flexibility index (Phi) is 4.76.